The van der Waals surface area contributed by atoms with E-state index in [0.717, 1.165) is 48.2 Å². The maximum absolute atomic E-state index is 12.4. The zero-order chi connectivity index (χ0) is 17.5. The first-order chi connectivity index (χ1) is 11.3. The highest BCUT2D eigenvalue weighted by molar-refractivity contribution is 5.87. The highest BCUT2D eigenvalue weighted by Crippen LogP contribution is 2.32. The number of hydrogen-bond acceptors (Lipinski definition) is 2. The summed E-state index contributed by atoms with van der Waals surface area (Å²) in [7, 11) is 2.09. The molecule has 2 heterocycles. The Morgan fingerprint density at radius 1 is 1.17 bits per heavy atom. The number of nitrogens with one attached hydrogen (secondary N) is 1. The lowest BCUT2D eigenvalue weighted by Crippen LogP contribution is -2.28. The third-order valence-electron chi connectivity index (χ3n) is 4.73. The van der Waals surface area contributed by atoms with Gasteiger partial charge in [0.25, 0.3) is 0 Å². The van der Waals surface area contributed by atoms with Gasteiger partial charge in [-0.2, -0.15) is 13.2 Å². The molecular formula is C18H24F3N3. The zero-order valence-corrected chi connectivity index (χ0v) is 14.4. The molecule has 0 saturated heterocycles. The van der Waals surface area contributed by atoms with Crippen molar-refractivity contribution in [1.82, 2.24) is 14.8 Å². The van der Waals surface area contributed by atoms with Crippen LogP contribution in [-0.2, 0) is 26.2 Å². The third kappa shape index (κ3) is 3.30. The summed E-state index contributed by atoms with van der Waals surface area (Å²) >= 11 is 0. The normalized spacial score (nSPS) is 15.4. The number of nitrogens with zero attached hydrogens (tertiary/aromatic N) is 2. The fourth-order valence-electron chi connectivity index (χ4n) is 3.68. The van der Waals surface area contributed by atoms with E-state index >= 15 is 0 Å². The fourth-order valence-corrected chi connectivity index (χ4v) is 3.68. The van der Waals surface area contributed by atoms with E-state index < -0.39 is 12.7 Å². The molecule has 132 valence electrons. The van der Waals surface area contributed by atoms with E-state index in [2.05, 4.69) is 40.9 Å². The summed E-state index contributed by atoms with van der Waals surface area (Å²) in [4.78, 5) is 2.25. The van der Waals surface area contributed by atoms with Gasteiger partial charge >= 0.3 is 6.18 Å². The summed E-state index contributed by atoms with van der Waals surface area (Å²) in [6.07, 6.45) is -3.18. The van der Waals surface area contributed by atoms with Gasteiger partial charge in [-0.3, -0.25) is 4.90 Å². The van der Waals surface area contributed by atoms with E-state index in [1.165, 1.54) is 11.1 Å². The molecule has 0 aliphatic carbocycles. The van der Waals surface area contributed by atoms with Crippen LogP contribution in [0.3, 0.4) is 0 Å². The summed E-state index contributed by atoms with van der Waals surface area (Å²) in [6.45, 7) is 6.14. The Morgan fingerprint density at radius 2 is 1.83 bits per heavy atom. The Bertz CT molecular complexity index is 746. The summed E-state index contributed by atoms with van der Waals surface area (Å²) < 4.78 is 39.6. The van der Waals surface area contributed by atoms with Crippen molar-refractivity contribution in [3.63, 3.8) is 0 Å². The second-order valence-electron chi connectivity index (χ2n) is 6.74. The van der Waals surface area contributed by atoms with Gasteiger partial charge in [0, 0.05) is 42.8 Å². The Labute approximate surface area is 140 Å². The van der Waals surface area contributed by atoms with Crippen LogP contribution in [0.25, 0.3) is 10.9 Å². The molecule has 0 atom stereocenters. The maximum atomic E-state index is 12.4. The van der Waals surface area contributed by atoms with Crippen molar-refractivity contribution in [2.24, 2.45) is 0 Å². The smallest absolute Gasteiger partial charge is 0.345 e. The molecule has 0 spiro atoms. The number of aryl methyl sites for hydroxylation is 1. The molecule has 3 nitrogen and oxygen atoms in total. The highest BCUT2D eigenvalue weighted by Gasteiger charge is 2.27. The van der Waals surface area contributed by atoms with Crippen LogP contribution in [0, 0.1) is 6.92 Å². The maximum Gasteiger partial charge on any atom is 0.401 e. The molecule has 0 amide bonds. The Hall–Kier alpha value is -1.53. The van der Waals surface area contributed by atoms with Gasteiger partial charge in [0.2, 0.25) is 0 Å². The summed E-state index contributed by atoms with van der Waals surface area (Å²) in [5.41, 5.74) is 5.82. The first-order valence-corrected chi connectivity index (χ1v) is 8.39. The van der Waals surface area contributed by atoms with Gasteiger partial charge in [-0.25, -0.2) is 0 Å². The van der Waals surface area contributed by atoms with E-state index in [-0.39, 0.29) is 6.54 Å². The summed E-state index contributed by atoms with van der Waals surface area (Å²) in [5.74, 6) is 0. The number of rotatable bonds is 5. The van der Waals surface area contributed by atoms with Crippen LogP contribution < -0.4 is 5.32 Å². The number of aromatic nitrogens is 1. The van der Waals surface area contributed by atoms with Crippen LogP contribution in [0.15, 0.2) is 12.1 Å². The molecule has 2 aromatic rings. The molecule has 6 heteroatoms. The molecule has 1 aliphatic rings. The predicted octanol–water partition coefficient (Wildman–Crippen LogP) is 3.96. The fraction of sp³-hybridized carbons (Fsp3) is 0.556. The quantitative estimate of drug-likeness (QED) is 0.890. The number of hydrogen-bond donors (Lipinski definition) is 1. The molecule has 1 aliphatic heterocycles. The topological polar surface area (TPSA) is 20.2 Å². The Morgan fingerprint density at radius 3 is 2.46 bits per heavy atom. The lowest BCUT2D eigenvalue weighted by atomic mass is 10.0. The van der Waals surface area contributed by atoms with Crippen LogP contribution in [0.5, 0.6) is 0 Å². The molecule has 1 aromatic heterocycles. The number of alkyl halides is 3. The van der Waals surface area contributed by atoms with Crippen molar-refractivity contribution in [2.45, 2.75) is 52.6 Å². The number of halogens is 3. The second-order valence-corrected chi connectivity index (χ2v) is 6.74. The number of fused-ring (bicyclic) bond motifs is 2. The highest BCUT2D eigenvalue weighted by atomic mass is 19.4. The van der Waals surface area contributed by atoms with Gasteiger partial charge in [-0.05, 0) is 49.2 Å². The van der Waals surface area contributed by atoms with Crippen LogP contribution in [0.4, 0.5) is 13.2 Å². The van der Waals surface area contributed by atoms with Crippen molar-refractivity contribution in [1.29, 1.82) is 0 Å². The van der Waals surface area contributed by atoms with Crippen molar-refractivity contribution in [2.75, 3.05) is 13.6 Å². The van der Waals surface area contributed by atoms with E-state index in [9.17, 15) is 13.2 Å². The average molecular weight is 339 g/mol. The largest absolute Gasteiger partial charge is 0.401 e. The average Bonchev–Trinajstić information content (AvgIpc) is 2.95. The summed E-state index contributed by atoms with van der Waals surface area (Å²) in [6, 6.07) is 4.40. The molecule has 1 aromatic carbocycles. The number of benzene rings is 1. The standard InChI is InChI=1S/C18H24F3N3/c1-4-5-24-12(2)16(8-22-11-18(19,20)21)15-6-13-9-23(3)10-14(13)7-17(15)24/h6-7,22H,4-5,8-11H2,1-3H3. The SMILES string of the molecule is CCCn1c(C)c(CNCC(F)(F)F)c2cc3c(cc21)CN(C)C3. The van der Waals surface area contributed by atoms with Crippen LogP contribution in [-0.4, -0.2) is 29.2 Å². The van der Waals surface area contributed by atoms with Gasteiger partial charge in [0.1, 0.15) is 0 Å². The van der Waals surface area contributed by atoms with Crippen molar-refractivity contribution < 1.29 is 13.2 Å². The second kappa shape index (κ2) is 6.41. The minimum absolute atomic E-state index is 0.243. The molecule has 0 fully saturated rings. The molecule has 0 bridgehead atoms. The molecule has 0 saturated carbocycles. The minimum Gasteiger partial charge on any atom is -0.345 e. The molecule has 24 heavy (non-hydrogen) atoms. The Kier molecular flexibility index (Phi) is 4.62. The minimum atomic E-state index is -4.18. The predicted molar refractivity (Wildman–Crippen MR) is 89.9 cm³/mol. The van der Waals surface area contributed by atoms with Crippen LogP contribution in [0.1, 0.15) is 35.7 Å². The first-order valence-electron chi connectivity index (χ1n) is 8.39. The molecular weight excluding hydrogens is 315 g/mol. The van der Waals surface area contributed by atoms with Crippen LogP contribution in [0.2, 0.25) is 0 Å². The lowest BCUT2D eigenvalue weighted by Gasteiger charge is -2.09. The molecule has 0 radical (unpaired) electrons. The van der Waals surface area contributed by atoms with Crippen molar-refractivity contribution in [3.05, 3.63) is 34.5 Å². The first kappa shape index (κ1) is 17.3. The van der Waals surface area contributed by atoms with Crippen LogP contribution >= 0.6 is 0 Å². The van der Waals surface area contributed by atoms with Crippen molar-refractivity contribution in [3.8, 4) is 0 Å². The molecule has 3 rings (SSSR count). The zero-order valence-electron chi connectivity index (χ0n) is 14.4. The van der Waals surface area contributed by atoms with Gasteiger partial charge in [-0.1, -0.05) is 6.92 Å². The van der Waals surface area contributed by atoms with Crippen molar-refractivity contribution >= 4 is 10.9 Å². The summed E-state index contributed by atoms with van der Waals surface area (Å²) in [5, 5.41) is 3.65. The third-order valence-corrected chi connectivity index (χ3v) is 4.73. The monoisotopic (exact) mass is 339 g/mol. The lowest BCUT2D eigenvalue weighted by molar-refractivity contribution is -0.125. The van der Waals surface area contributed by atoms with E-state index in [4.69, 9.17) is 0 Å². The Balaban J connectivity index is 2.00. The van der Waals surface area contributed by atoms with E-state index in [1.54, 1.807) is 0 Å². The molecule has 0 unspecified atom stereocenters. The van der Waals surface area contributed by atoms with E-state index in [0.29, 0.717) is 0 Å². The van der Waals surface area contributed by atoms with E-state index in [1.807, 2.05) is 6.92 Å². The van der Waals surface area contributed by atoms with Gasteiger partial charge in [-0.15, -0.1) is 0 Å². The van der Waals surface area contributed by atoms with Gasteiger partial charge in [0.15, 0.2) is 0 Å². The van der Waals surface area contributed by atoms with Gasteiger partial charge in [0.05, 0.1) is 6.54 Å². The van der Waals surface area contributed by atoms with Gasteiger partial charge < -0.3 is 9.88 Å². The molecule has 1 N–H and O–H groups in total.